The van der Waals surface area contributed by atoms with Crippen LogP contribution in [0.2, 0.25) is 0 Å². The van der Waals surface area contributed by atoms with Crippen LogP contribution in [0, 0.1) is 11.6 Å². The van der Waals surface area contributed by atoms with Crippen molar-refractivity contribution in [2.75, 3.05) is 26.7 Å². The van der Waals surface area contributed by atoms with E-state index in [9.17, 15) is 18.4 Å². The second-order valence-electron chi connectivity index (χ2n) is 6.96. The first-order valence-corrected chi connectivity index (χ1v) is 9.09. The van der Waals surface area contributed by atoms with Gasteiger partial charge in [-0.1, -0.05) is 0 Å². The summed E-state index contributed by atoms with van der Waals surface area (Å²) in [6.07, 6.45) is 0.466. The van der Waals surface area contributed by atoms with E-state index < -0.39 is 17.5 Å². The van der Waals surface area contributed by atoms with E-state index in [-0.39, 0.29) is 47.9 Å². The Morgan fingerprint density at radius 1 is 1.31 bits per heavy atom. The summed E-state index contributed by atoms with van der Waals surface area (Å²) in [5.41, 5.74) is 1.58. The van der Waals surface area contributed by atoms with Gasteiger partial charge in [0.2, 0.25) is 0 Å². The molecule has 2 amide bonds. The average molecular weight is 403 g/mol. The number of aliphatic hydroxyl groups excluding tert-OH is 1. The van der Waals surface area contributed by atoms with Gasteiger partial charge in [0.05, 0.1) is 18.7 Å². The first-order chi connectivity index (χ1) is 13.9. The van der Waals surface area contributed by atoms with Crippen molar-refractivity contribution < 1.29 is 23.5 Å². The highest BCUT2D eigenvalue weighted by molar-refractivity contribution is 5.99. The largest absolute Gasteiger partial charge is 0.395 e. The van der Waals surface area contributed by atoms with E-state index in [4.69, 9.17) is 5.11 Å². The lowest BCUT2D eigenvalue weighted by Crippen LogP contribution is -2.37. The Morgan fingerprint density at radius 3 is 2.79 bits per heavy atom. The number of nitrogens with one attached hydrogen (secondary N) is 2. The van der Waals surface area contributed by atoms with E-state index in [0.717, 1.165) is 17.8 Å². The number of amides is 2. The van der Waals surface area contributed by atoms with Gasteiger partial charge in [-0.05, 0) is 18.2 Å². The zero-order valence-electron chi connectivity index (χ0n) is 15.6. The number of likely N-dealkylation sites (N-methyl/N-ethyl adjacent to an activating group) is 1. The Kier molecular flexibility index (Phi) is 4.79. The standard InChI is InChI=1S/C19H19F2N5O3/c1-25(6-7-27)19(29)17-11-9-26(5-4-14(11)23-24-17)18(28)15-8-10-12(20)2-3-13(21)16(10)22-15/h2-3,8,22,27H,4-7,9H2,1H3,(H,23,24). The summed E-state index contributed by atoms with van der Waals surface area (Å²) >= 11 is 0. The van der Waals surface area contributed by atoms with E-state index in [1.54, 1.807) is 7.05 Å². The third-order valence-corrected chi connectivity index (χ3v) is 5.13. The number of hydrogen-bond acceptors (Lipinski definition) is 4. The molecule has 1 aromatic carbocycles. The maximum atomic E-state index is 13.9. The highest BCUT2D eigenvalue weighted by Crippen LogP contribution is 2.26. The summed E-state index contributed by atoms with van der Waals surface area (Å²) in [6.45, 7) is 0.496. The molecule has 3 aromatic rings. The molecule has 0 spiro atoms. The molecule has 3 N–H and O–H groups in total. The lowest BCUT2D eigenvalue weighted by Gasteiger charge is -2.27. The molecule has 152 valence electrons. The van der Waals surface area contributed by atoms with Gasteiger partial charge in [0, 0.05) is 43.2 Å². The van der Waals surface area contributed by atoms with Gasteiger partial charge in [-0.2, -0.15) is 5.10 Å². The molecule has 2 aromatic heterocycles. The van der Waals surface area contributed by atoms with E-state index in [2.05, 4.69) is 15.2 Å². The van der Waals surface area contributed by atoms with E-state index in [1.165, 1.54) is 15.9 Å². The monoisotopic (exact) mass is 403 g/mol. The number of aromatic amines is 2. The van der Waals surface area contributed by atoms with Crippen LogP contribution in [-0.4, -0.2) is 68.6 Å². The molecule has 1 aliphatic heterocycles. The van der Waals surface area contributed by atoms with Gasteiger partial charge < -0.3 is 19.9 Å². The van der Waals surface area contributed by atoms with Crippen molar-refractivity contribution in [3.8, 4) is 0 Å². The Morgan fingerprint density at radius 2 is 2.07 bits per heavy atom. The number of rotatable bonds is 4. The van der Waals surface area contributed by atoms with Gasteiger partial charge in [0.15, 0.2) is 5.69 Å². The molecule has 0 bridgehead atoms. The van der Waals surface area contributed by atoms with Crippen LogP contribution in [0.4, 0.5) is 8.78 Å². The van der Waals surface area contributed by atoms with Gasteiger partial charge in [0.25, 0.3) is 11.8 Å². The smallest absolute Gasteiger partial charge is 0.274 e. The number of H-pyrrole nitrogens is 2. The van der Waals surface area contributed by atoms with Crippen molar-refractivity contribution in [3.05, 3.63) is 52.5 Å². The summed E-state index contributed by atoms with van der Waals surface area (Å²) in [4.78, 5) is 31.0. The third kappa shape index (κ3) is 3.25. The van der Waals surface area contributed by atoms with E-state index in [0.29, 0.717) is 18.5 Å². The fraction of sp³-hybridized carbons (Fsp3) is 0.316. The van der Waals surface area contributed by atoms with Gasteiger partial charge >= 0.3 is 0 Å². The number of carbonyl (C=O) groups excluding carboxylic acids is 2. The molecule has 1 aliphatic rings. The summed E-state index contributed by atoms with van der Waals surface area (Å²) in [5.74, 6) is -2.04. The summed E-state index contributed by atoms with van der Waals surface area (Å²) in [5, 5.41) is 16.0. The lowest BCUT2D eigenvalue weighted by atomic mass is 10.0. The predicted molar refractivity (Wildman–Crippen MR) is 99.3 cm³/mol. The van der Waals surface area contributed by atoms with Crippen LogP contribution in [-0.2, 0) is 13.0 Å². The number of aromatic nitrogens is 3. The molecule has 3 heterocycles. The molecule has 0 aliphatic carbocycles. The Bertz CT molecular complexity index is 1070. The molecule has 0 atom stereocenters. The summed E-state index contributed by atoms with van der Waals surface area (Å²) < 4.78 is 27.9. The first kappa shape index (κ1) is 19.1. The minimum absolute atomic E-state index is 0.0101. The fourth-order valence-electron chi connectivity index (χ4n) is 3.51. The van der Waals surface area contributed by atoms with Crippen molar-refractivity contribution in [2.45, 2.75) is 13.0 Å². The van der Waals surface area contributed by atoms with Gasteiger partial charge in [-0.3, -0.25) is 14.7 Å². The van der Waals surface area contributed by atoms with Crippen LogP contribution >= 0.6 is 0 Å². The van der Waals surface area contributed by atoms with Crippen LogP contribution in [0.5, 0.6) is 0 Å². The number of benzene rings is 1. The molecular formula is C19H19F2N5O3. The summed E-state index contributed by atoms with van der Waals surface area (Å²) in [7, 11) is 1.55. The second-order valence-corrected chi connectivity index (χ2v) is 6.96. The number of hydrogen-bond donors (Lipinski definition) is 3. The molecule has 4 rings (SSSR count). The van der Waals surface area contributed by atoms with Gasteiger partial charge in [-0.15, -0.1) is 0 Å². The second kappa shape index (κ2) is 7.28. The Hall–Kier alpha value is -3.27. The SMILES string of the molecule is CN(CCO)C(=O)c1n[nH]c2c1CN(C(=O)c1cc3c(F)ccc(F)c3[nH]1)CC2. The molecule has 0 unspecified atom stereocenters. The van der Waals surface area contributed by atoms with Crippen LogP contribution in [0.25, 0.3) is 10.9 Å². The maximum Gasteiger partial charge on any atom is 0.274 e. The minimum atomic E-state index is -0.643. The van der Waals surface area contributed by atoms with Crippen molar-refractivity contribution in [3.63, 3.8) is 0 Å². The molecule has 10 heteroatoms. The zero-order valence-corrected chi connectivity index (χ0v) is 15.6. The molecule has 0 saturated carbocycles. The molecule has 29 heavy (non-hydrogen) atoms. The van der Waals surface area contributed by atoms with Crippen LogP contribution in [0.3, 0.4) is 0 Å². The molecular weight excluding hydrogens is 384 g/mol. The number of halogens is 2. The van der Waals surface area contributed by atoms with Crippen LogP contribution in [0.15, 0.2) is 18.2 Å². The van der Waals surface area contributed by atoms with Gasteiger partial charge in [-0.25, -0.2) is 8.78 Å². The molecule has 0 radical (unpaired) electrons. The van der Waals surface area contributed by atoms with Crippen molar-refractivity contribution in [1.29, 1.82) is 0 Å². The zero-order chi connectivity index (χ0) is 20.7. The highest BCUT2D eigenvalue weighted by atomic mass is 19.1. The number of carbonyl (C=O) groups is 2. The van der Waals surface area contributed by atoms with Crippen molar-refractivity contribution in [2.24, 2.45) is 0 Å². The number of aliphatic hydroxyl groups is 1. The van der Waals surface area contributed by atoms with Crippen molar-refractivity contribution in [1.82, 2.24) is 25.0 Å². The first-order valence-electron chi connectivity index (χ1n) is 9.09. The number of nitrogens with zero attached hydrogens (tertiary/aromatic N) is 3. The fourth-order valence-corrected chi connectivity index (χ4v) is 3.51. The molecule has 0 saturated heterocycles. The average Bonchev–Trinajstić information content (AvgIpc) is 3.35. The van der Waals surface area contributed by atoms with Crippen LogP contribution in [0.1, 0.15) is 32.2 Å². The number of fused-ring (bicyclic) bond motifs is 2. The topological polar surface area (TPSA) is 105 Å². The van der Waals surface area contributed by atoms with Gasteiger partial charge in [0.1, 0.15) is 17.3 Å². The van der Waals surface area contributed by atoms with E-state index >= 15 is 0 Å². The normalized spacial score (nSPS) is 13.6. The molecule has 0 fully saturated rings. The highest BCUT2D eigenvalue weighted by Gasteiger charge is 2.30. The maximum absolute atomic E-state index is 13.9. The van der Waals surface area contributed by atoms with E-state index in [1.807, 2.05) is 0 Å². The van der Waals surface area contributed by atoms with Crippen molar-refractivity contribution >= 4 is 22.7 Å². The minimum Gasteiger partial charge on any atom is -0.395 e. The quantitative estimate of drug-likeness (QED) is 0.613. The summed E-state index contributed by atoms with van der Waals surface area (Å²) in [6, 6.07) is 3.31. The molecule has 8 nitrogen and oxygen atoms in total. The predicted octanol–water partition coefficient (Wildman–Crippen LogP) is 1.43. The Labute approximate surface area is 164 Å². The van der Waals surface area contributed by atoms with Crippen LogP contribution < -0.4 is 0 Å². The lowest BCUT2D eigenvalue weighted by molar-refractivity contribution is 0.0714. The Balaban J connectivity index is 1.61. The third-order valence-electron chi connectivity index (χ3n) is 5.13.